The fourth-order valence-electron chi connectivity index (χ4n) is 2.51. The van der Waals surface area contributed by atoms with Crippen LogP contribution in [0.25, 0.3) is 0 Å². The number of aromatic hydroxyl groups is 1. The zero-order valence-corrected chi connectivity index (χ0v) is 13.5. The Morgan fingerprint density at radius 3 is 2.15 bits per heavy atom. The first-order valence-electron chi connectivity index (χ1n) is 8.19. The summed E-state index contributed by atoms with van der Waals surface area (Å²) in [6, 6.07) is 4.04. The van der Waals surface area contributed by atoms with E-state index in [2.05, 4.69) is 18.3 Å². The molecule has 0 fully saturated rings. The van der Waals surface area contributed by atoms with Crippen LogP contribution in [0.1, 0.15) is 69.4 Å². The van der Waals surface area contributed by atoms with E-state index in [0.717, 1.165) is 23.4 Å². The largest absolute Gasteiger partial charge is 0.507 e. The van der Waals surface area contributed by atoms with Crippen LogP contribution in [0.4, 0.5) is 5.69 Å². The van der Waals surface area contributed by atoms with Gasteiger partial charge in [-0.25, -0.2) is 0 Å². The number of hydrogen-bond donors (Lipinski definition) is 2. The smallest absolute Gasteiger partial charge is 0.123 e. The average Bonchev–Trinajstić information content (AvgIpc) is 2.45. The fourth-order valence-corrected chi connectivity index (χ4v) is 2.51. The van der Waals surface area contributed by atoms with Gasteiger partial charge in [-0.2, -0.15) is 0 Å². The van der Waals surface area contributed by atoms with Crippen molar-refractivity contribution >= 4 is 5.69 Å². The molecule has 0 aliphatic carbocycles. The molecule has 0 saturated heterocycles. The van der Waals surface area contributed by atoms with Gasteiger partial charge < -0.3 is 10.4 Å². The van der Waals surface area contributed by atoms with Crippen molar-refractivity contribution in [1.82, 2.24) is 0 Å². The van der Waals surface area contributed by atoms with E-state index in [4.69, 9.17) is 0 Å². The summed E-state index contributed by atoms with van der Waals surface area (Å²) in [4.78, 5) is 0. The van der Waals surface area contributed by atoms with E-state index < -0.39 is 0 Å². The fraction of sp³-hybridized carbons (Fsp3) is 0.667. The van der Waals surface area contributed by atoms with Gasteiger partial charge in [0.1, 0.15) is 5.75 Å². The Balaban J connectivity index is 2.11. The molecule has 0 atom stereocenters. The average molecular weight is 277 g/mol. The lowest BCUT2D eigenvalue weighted by Gasteiger charge is -2.12. The molecule has 1 aromatic carbocycles. The van der Waals surface area contributed by atoms with Gasteiger partial charge in [0.05, 0.1) is 0 Å². The molecule has 0 aliphatic heterocycles. The minimum atomic E-state index is 0.422. The van der Waals surface area contributed by atoms with Crippen molar-refractivity contribution < 1.29 is 5.11 Å². The summed E-state index contributed by atoms with van der Waals surface area (Å²) in [6.45, 7) is 7.16. The van der Waals surface area contributed by atoms with Crippen molar-refractivity contribution in [2.75, 3.05) is 11.9 Å². The lowest BCUT2D eigenvalue weighted by molar-refractivity contribution is 0.467. The molecule has 20 heavy (non-hydrogen) atoms. The van der Waals surface area contributed by atoms with Gasteiger partial charge in [-0.1, -0.05) is 57.9 Å². The summed E-state index contributed by atoms with van der Waals surface area (Å²) in [7, 11) is 0. The van der Waals surface area contributed by atoms with Crippen molar-refractivity contribution in [2.45, 2.75) is 72.1 Å². The molecule has 0 aromatic heterocycles. The number of anilines is 1. The molecule has 0 spiro atoms. The molecule has 0 aliphatic rings. The van der Waals surface area contributed by atoms with Gasteiger partial charge in [0.15, 0.2) is 0 Å². The second-order valence-corrected chi connectivity index (χ2v) is 5.81. The Bertz CT molecular complexity index is 387. The Kier molecular flexibility index (Phi) is 8.17. The Labute approximate surface area is 124 Å². The van der Waals surface area contributed by atoms with Crippen LogP contribution in [0.3, 0.4) is 0 Å². The summed E-state index contributed by atoms with van der Waals surface area (Å²) in [5.74, 6) is 0.422. The van der Waals surface area contributed by atoms with Crippen LogP contribution < -0.4 is 5.32 Å². The molecular weight excluding hydrogens is 246 g/mol. The zero-order chi connectivity index (χ0) is 14.8. The van der Waals surface area contributed by atoms with Gasteiger partial charge in [0.2, 0.25) is 0 Å². The summed E-state index contributed by atoms with van der Waals surface area (Å²) in [5, 5.41) is 13.3. The maximum atomic E-state index is 9.89. The normalized spacial score (nSPS) is 10.8. The Hall–Kier alpha value is -1.18. The van der Waals surface area contributed by atoms with Crippen LogP contribution in [-0.2, 0) is 0 Å². The predicted octanol–water partition coefficient (Wildman–Crippen LogP) is 5.56. The van der Waals surface area contributed by atoms with Crippen molar-refractivity contribution in [1.29, 1.82) is 0 Å². The van der Waals surface area contributed by atoms with Crippen LogP contribution in [0, 0.1) is 13.8 Å². The van der Waals surface area contributed by atoms with Crippen LogP contribution in [0.2, 0.25) is 0 Å². The second kappa shape index (κ2) is 9.68. The number of hydrogen-bond acceptors (Lipinski definition) is 2. The van der Waals surface area contributed by atoms with E-state index >= 15 is 0 Å². The maximum absolute atomic E-state index is 9.89. The Morgan fingerprint density at radius 2 is 1.50 bits per heavy atom. The van der Waals surface area contributed by atoms with Crippen LogP contribution >= 0.6 is 0 Å². The standard InChI is InChI=1S/C18H31NO/c1-4-5-6-7-8-9-10-11-14-19-17-13-12-15(2)18(20)16(17)3/h12-13,19-20H,4-11,14H2,1-3H3. The number of rotatable bonds is 10. The van der Waals surface area contributed by atoms with E-state index in [-0.39, 0.29) is 0 Å². The predicted molar refractivity (Wildman–Crippen MR) is 88.7 cm³/mol. The molecule has 1 aromatic rings. The minimum Gasteiger partial charge on any atom is -0.507 e. The second-order valence-electron chi connectivity index (χ2n) is 5.81. The number of phenolic OH excluding ortho intramolecular Hbond substituents is 1. The molecule has 0 heterocycles. The molecule has 0 unspecified atom stereocenters. The highest BCUT2D eigenvalue weighted by molar-refractivity contribution is 5.58. The summed E-state index contributed by atoms with van der Waals surface area (Å²) in [5.41, 5.74) is 2.97. The first-order chi connectivity index (χ1) is 9.66. The number of phenols is 1. The zero-order valence-electron chi connectivity index (χ0n) is 13.5. The van der Waals surface area contributed by atoms with E-state index in [0.29, 0.717) is 5.75 Å². The van der Waals surface area contributed by atoms with E-state index in [9.17, 15) is 5.11 Å². The molecule has 0 saturated carbocycles. The van der Waals surface area contributed by atoms with Gasteiger partial charge in [0.25, 0.3) is 0 Å². The van der Waals surface area contributed by atoms with Gasteiger partial charge in [-0.05, 0) is 31.9 Å². The van der Waals surface area contributed by atoms with Gasteiger partial charge in [0, 0.05) is 17.8 Å². The summed E-state index contributed by atoms with van der Waals surface area (Å²) < 4.78 is 0. The molecule has 2 heteroatoms. The molecule has 0 bridgehead atoms. The van der Waals surface area contributed by atoms with Gasteiger partial charge in [-0.15, -0.1) is 0 Å². The number of unbranched alkanes of at least 4 members (excludes halogenated alkanes) is 7. The van der Waals surface area contributed by atoms with Crippen molar-refractivity contribution in [2.24, 2.45) is 0 Å². The first kappa shape index (κ1) is 16.9. The maximum Gasteiger partial charge on any atom is 0.123 e. The third-order valence-corrected chi connectivity index (χ3v) is 3.98. The lowest BCUT2D eigenvalue weighted by Crippen LogP contribution is -2.03. The first-order valence-corrected chi connectivity index (χ1v) is 8.19. The molecule has 2 N–H and O–H groups in total. The van der Waals surface area contributed by atoms with E-state index in [1.54, 1.807) is 0 Å². The highest BCUT2D eigenvalue weighted by Crippen LogP contribution is 2.27. The van der Waals surface area contributed by atoms with Crippen molar-refractivity contribution in [3.8, 4) is 5.75 Å². The molecule has 114 valence electrons. The molecule has 1 rings (SSSR count). The van der Waals surface area contributed by atoms with Gasteiger partial charge >= 0.3 is 0 Å². The lowest BCUT2D eigenvalue weighted by atomic mass is 10.1. The molecule has 0 amide bonds. The number of nitrogens with one attached hydrogen (secondary N) is 1. The van der Waals surface area contributed by atoms with Crippen LogP contribution in [0.5, 0.6) is 5.75 Å². The third-order valence-electron chi connectivity index (χ3n) is 3.98. The van der Waals surface area contributed by atoms with Gasteiger partial charge in [-0.3, -0.25) is 0 Å². The highest BCUT2D eigenvalue weighted by atomic mass is 16.3. The third kappa shape index (κ3) is 5.85. The van der Waals surface area contributed by atoms with E-state index in [1.165, 1.54) is 51.4 Å². The Morgan fingerprint density at radius 1 is 0.900 bits per heavy atom. The molecule has 2 nitrogen and oxygen atoms in total. The molecular formula is C18H31NO. The van der Waals surface area contributed by atoms with E-state index in [1.807, 2.05) is 19.9 Å². The molecule has 0 radical (unpaired) electrons. The van der Waals surface area contributed by atoms with Crippen LogP contribution in [-0.4, -0.2) is 11.7 Å². The summed E-state index contributed by atoms with van der Waals surface area (Å²) >= 11 is 0. The quantitative estimate of drug-likeness (QED) is 0.549. The highest BCUT2D eigenvalue weighted by Gasteiger charge is 2.05. The van der Waals surface area contributed by atoms with Crippen molar-refractivity contribution in [3.05, 3.63) is 23.3 Å². The minimum absolute atomic E-state index is 0.422. The number of benzene rings is 1. The van der Waals surface area contributed by atoms with Crippen molar-refractivity contribution in [3.63, 3.8) is 0 Å². The topological polar surface area (TPSA) is 32.3 Å². The SMILES string of the molecule is CCCCCCCCCCNc1ccc(C)c(O)c1C. The number of aryl methyl sites for hydroxylation is 1. The van der Waals surface area contributed by atoms with Crippen LogP contribution in [0.15, 0.2) is 12.1 Å². The summed E-state index contributed by atoms with van der Waals surface area (Å²) in [6.07, 6.45) is 10.7. The monoisotopic (exact) mass is 277 g/mol.